The molecule has 0 unspecified atom stereocenters. The van der Waals surface area contributed by atoms with Gasteiger partial charge in [0.15, 0.2) is 0 Å². The van der Waals surface area contributed by atoms with Gasteiger partial charge in [0.2, 0.25) is 0 Å². The van der Waals surface area contributed by atoms with Gasteiger partial charge in [0.1, 0.15) is 5.60 Å². The Hall–Kier alpha value is -1.63. The Morgan fingerprint density at radius 1 is 1.11 bits per heavy atom. The molecule has 6 heteroatoms. The van der Waals surface area contributed by atoms with Gasteiger partial charge < -0.3 is 14.4 Å². The zero-order valence-electron chi connectivity index (χ0n) is 16.9. The molecule has 0 N–H and O–H groups in total. The van der Waals surface area contributed by atoms with Gasteiger partial charge in [0, 0.05) is 51.9 Å². The van der Waals surface area contributed by atoms with Crippen molar-refractivity contribution >= 4 is 6.09 Å². The molecule has 0 aromatic heterocycles. The smallest absolute Gasteiger partial charge is 0.410 e. The molecule has 1 amide bonds. The summed E-state index contributed by atoms with van der Waals surface area (Å²) in [7, 11) is 0. The van der Waals surface area contributed by atoms with Crippen molar-refractivity contribution in [2.45, 2.75) is 39.0 Å². The van der Waals surface area contributed by atoms with Crippen LogP contribution in [0.15, 0.2) is 30.3 Å². The standard InChI is InChI=1S/C21H33N3O3/c1-21(2,3)27-20(25)23-11-9-22(10-12-23)16-19-17-26-14-13-24(19)15-18-7-5-4-6-8-18/h4-8,19H,9-17H2,1-3H3/t19-/m1/s1. The number of benzene rings is 1. The predicted octanol–water partition coefficient (Wildman–Crippen LogP) is 2.44. The highest BCUT2D eigenvalue weighted by atomic mass is 16.6. The maximum atomic E-state index is 12.2. The molecule has 6 nitrogen and oxygen atoms in total. The summed E-state index contributed by atoms with van der Waals surface area (Å²) in [4.78, 5) is 19.0. The first-order chi connectivity index (χ1) is 12.9. The zero-order valence-corrected chi connectivity index (χ0v) is 16.9. The molecule has 2 saturated heterocycles. The first-order valence-corrected chi connectivity index (χ1v) is 9.97. The van der Waals surface area contributed by atoms with Crippen LogP contribution in [0.1, 0.15) is 26.3 Å². The fraction of sp³-hybridized carbons (Fsp3) is 0.667. The van der Waals surface area contributed by atoms with Crippen LogP contribution in [-0.2, 0) is 16.0 Å². The monoisotopic (exact) mass is 375 g/mol. The van der Waals surface area contributed by atoms with Crippen LogP contribution in [-0.4, -0.2) is 84.9 Å². The lowest BCUT2D eigenvalue weighted by atomic mass is 10.1. The molecule has 1 atom stereocenters. The van der Waals surface area contributed by atoms with Gasteiger partial charge in [-0.15, -0.1) is 0 Å². The largest absolute Gasteiger partial charge is 0.444 e. The number of amides is 1. The fourth-order valence-electron chi connectivity index (χ4n) is 3.62. The molecule has 0 aliphatic carbocycles. The highest BCUT2D eigenvalue weighted by molar-refractivity contribution is 5.68. The summed E-state index contributed by atoms with van der Waals surface area (Å²) in [5.74, 6) is 0. The van der Waals surface area contributed by atoms with Gasteiger partial charge in [-0.25, -0.2) is 4.79 Å². The summed E-state index contributed by atoms with van der Waals surface area (Å²) in [5.41, 5.74) is 0.908. The number of carbonyl (C=O) groups is 1. The highest BCUT2D eigenvalue weighted by Crippen LogP contribution is 2.16. The van der Waals surface area contributed by atoms with E-state index < -0.39 is 5.60 Å². The maximum absolute atomic E-state index is 12.2. The molecular formula is C21H33N3O3. The van der Waals surface area contributed by atoms with Crippen LogP contribution in [0, 0.1) is 0 Å². The molecule has 1 aromatic carbocycles. The van der Waals surface area contributed by atoms with E-state index in [0.29, 0.717) is 6.04 Å². The summed E-state index contributed by atoms with van der Waals surface area (Å²) in [5, 5.41) is 0. The number of ether oxygens (including phenoxy) is 2. The highest BCUT2D eigenvalue weighted by Gasteiger charge is 2.29. The summed E-state index contributed by atoms with van der Waals surface area (Å²) in [6.07, 6.45) is -0.200. The minimum absolute atomic E-state index is 0.200. The molecule has 0 bridgehead atoms. The summed E-state index contributed by atoms with van der Waals surface area (Å²) >= 11 is 0. The van der Waals surface area contributed by atoms with Gasteiger partial charge in [-0.3, -0.25) is 9.80 Å². The van der Waals surface area contributed by atoms with Crippen LogP contribution >= 0.6 is 0 Å². The molecule has 3 rings (SSSR count). The summed E-state index contributed by atoms with van der Waals surface area (Å²) < 4.78 is 11.2. The van der Waals surface area contributed by atoms with E-state index in [-0.39, 0.29) is 6.09 Å². The normalized spacial score (nSPS) is 22.6. The molecule has 2 fully saturated rings. The molecular weight excluding hydrogens is 342 g/mol. The van der Waals surface area contributed by atoms with Gasteiger partial charge in [0.05, 0.1) is 13.2 Å². The minimum Gasteiger partial charge on any atom is -0.444 e. The van der Waals surface area contributed by atoms with E-state index in [0.717, 1.165) is 59.0 Å². The average Bonchev–Trinajstić information content (AvgIpc) is 2.63. The Kier molecular flexibility index (Phi) is 6.73. The lowest BCUT2D eigenvalue weighted by Crippen LogP contribution is -2.55. The third kappa shape index (κ3) is 6.19. The van der Waals surface area contributed by atoms with Crippen molar-refractivity contribution in [1.82, 2.24) is 14.7 Å². The van der Waals surface area contributed by atoms with Crippen LogP contribution in [0.2, 0.25) is 0 Å². The summed E-state index contributed by atoms with van der Waals surface area (Å²) in [6.45, 7) is 13.4. The molecule has 2 aliphatic rings. The molecule has 150 valence electrons. The lowest BCUT2D eigenvalue weighted by Gasteiger charge is -2.41. The van der Waals surface area contributed by atoms with Crippen LogP contribution < -0.4 is 0 Å². The number of morpholine rings is 1. The van der Waals surface area contributed by atoms with Gasteiger partial charge in [0.25, 0.3) is 0 Å². The molecule has 27 heavy (non-hydrogen) atoms. The molecule has 0 saturated carbocycles. The van der Waals surface area contributed by atoms with Crippen molar-refractivity contribution in [2.24, 2.45) is 0 Å². The van der Waals surface area contributed by atoms with Gasteiger partial charge in [-0.2, -0.15) is 0 Å². The van der Waals surface area contributed by atoms with Crippen molar-refractivity contribution in [3.63, 3.8) is 0 Å². The Bertz CT molecular complexity index is 594. The predicted molar refractivity (Wildman–Crippen MR) is 106 cm³/mol. The topological polar surface area (TPSA) is 45.3 Å². The van der Waals surface area contributed by atoms with E-state index in [4.69, 9.17) is 9.47 Å². The first kappa shape index (κ1) is 20.1. The van der Waals surface area contributed by atoms with E-state index in [9.17, 15) is 4.79 Å². The van der Waals surface area contributed by atoms with Gasteiger partial charge >= 0.3 is 6.09 Å². The van der Waals surface area contributed by atoms with Crippen molar-refractivity contribution in [3.8, 4) is 0 Å². The molecule has 1 aromatic rings. The van der Waals surface area contributed by atoms with Crippen molar-refractivity contribution in [3.05, 3.63) is 35.9 Å². The zero-order chi connectivity index (χ0) is 19.3. The number of hydrogen-bond acceptors (Lipinski definition) is 5. The van der Waals surface area contributed by atoms with Crippen molar-refractivity contribution in [1.29, 1.82) is 0 Å². The van der Waals surface area contributed by atoms with E-state index in [2.05, 4.69) is 40.1 Å². The van der Waals surface area contributed by atoms with Crippen LogP contribution in [0.3, 0.4) is 0 Å². The molecule has 2 heterocycles. The Morgan fingerprint density at radius 3 is 2.48 bits per heavy atom. The summed E-state index contributed by atoms with van der Waals surface area (Å²) in [6, 6.07) is 11.0. The number of hydrogen-bond donors (Lipinski definition) is 0. The first-order valence-electron chi connectivity index (χ1n) is 9.97. The van der Waals surface area contributed by atoms with E-state index >= 15 is 0 Å². The maximum Gasteiger partial charge on any atom is 0.410 e. The Balaban J connectivity index is 1.49. The number of nitrogens with zero attached hydrogens (tertiary/aromatic N) is 3. The van der Waals surface area contributed by atoms with E-state index in [1.807, 2.05) is 25.7 Å². The lowest BCUT2D eigenvalue weighted by molar-refractivity contribution is -0.0306. The second kappa shape index (κ2) is 9.04. The third-order valence-electron chi connectivity index (χ3n) is 5.07. The number of piperazine rings is 1. The van der Waals surface area contributed by atoms with Crippen LogP contribution in [0.4, 0.5) is 4.79 Å². The van der Waals surface area contributed by atoms with Crippen molar-refractivity contribution < 1.29 is 14.3 Å². The second-order valence-corrected chi connectivity index (χ2v) is 8.45. The number of carbonyl (C=O) groups excluding carboxylic acids is 1. The number of rotatable bonds is 4. The Labute approximate surface area is 163 Å². The third-order valence-corrected chi connectivity index (χ3v) is 5.07. The van der Waals surface area contributed by atoms with Gasteiger partial charge in [-0.1, -0.05) is 30.3 Å². The average molecular weight is 376 g/mol. The molecule has 0 spiro atoms. The minimum atomic E-state index is -0.439. The van der Waals surface area contributed by atoms with Crippen molar-refractivity contribution in [2.75, 3.05) is 52.5 Å². The fourth-order valence-corrected chi connectivity index (χ4v) is 3.62. The van der Waals surface area contributed by atoms with Crippen LogP contribution in [0.25, 0.3) is 0 Å². The van der Waals surface area contributed by atoms with Crippen LogP contribution in [0.5, 0.6) is 0 Å². The van der Waals surface area contributed by atoms with E-state index in [1.54, 1.807) is 0 Å². The second-order valence-electron chi connectivity index (χ2n) is 8.45. The quantitative estimate of drug-likeness (QED) is 0.809. The Morgan fingerprint density at radius 2 is 1.81 bits per heavy atom. The van der Waals surface area contributed by atoms with Gasteiger partial charge in [-0.05, 0) is 26.3 Å². The van der Waals surface area contributed by atoms with E-state index in [1.165, 1.54) is 5.56 Å². The molecule has 0 radical (unpaired) electrons. The SMILES string of the molecule is CC(C)(C)OC(=O)N1CCN(C[C@@H]2COCCN2Cc2ccccc2)CC1. The molecule has 2 aliphatic heterocycles.